The molecule has 0 aromatic heterocycles. The molecule has 6 aromatic rings. The molecule has 0 atom stereocenters. The van der Waals surface area contributed by atoms with E-state index in [1.165, 1.54) is 4.90 Å². The summed E-state index contributed by atoms with van der Waals surface area (Å²) in [6.07, 6.45) is 4.12. The number of hydrogen-bond acceptors (Lipinski definition) is 3. The molecule has 0 aliphatic carbocycles. The Morgan fingerprint density at radius 2 is 0.827 bits per heavy atom. The summed E-state index contributed by atoms with van der Waals surface area (Å²) in [4.78, 5) is 33.3. The maximum atomic E-state index is 14.9. The molecule has 0 radical (unpaired) electrons. The Kier molecular flexibility index (Phi) is 9.81. The molecule has 4 heteroatoms. The molecule has 1 aliphatic heterocycles. The largest absolute Gasteiger partial charge is 0.311 e. The van der Waals surface area contributed by atoms with Gasteiger partial charge in [-0.3, -0.25) is 9.59 Å². The van der Waals surface area contributed by atoms with Gasteiger partial charge in [-0.1, -0.05) is 161 Å². The lowest BCUT2D eigenvalue weighted by atomic mass is 9.91. The average molecular weight is 679 g/mol. The number of imide groups is 1. The van der Waals surface area contributed by atoms with Gasteiger partial charge in [-0.05, 0) is 81.6 Å². The van der Waals surface area contributed by atoms with Crippen LogP contribution in [0.25, 0.3) is 23.3 Å². The number of rotatable bonds is 10. The molecule has 1 heterocycles. The first kappa shape index (κ1) is 34.2. The van der Waals surface area contributed by atoms with Crippen LogP contribution in [0.5, 0.6) is 0 Å². The first-order valence-corrected chi connectivity index (χ1v) is 17.9. The van der Waals surface area contributed by atoms with Crippen LogP contribution >= 0.6 is 0 Å². The van der Waals surface area contributed by atoms with Crippen molar-refractivity contribution in [2.75, 3.05) is 9.80 Å². The first-order chi connectivity index (χ1) is 25.3. The third-order valence-electron chi connectivity index (χ3n) is 9.56. The van der Waals surface area contributed by atoms with Crippen molar-refractivity contribution in [2.24, 2.45) is 0 Å². The molecule has 0 N–H and O–H groups in total. The fourth-order valence-electron chi connectivity index (χ4n) is 6.93. The van der Waals surface area contributed by atoms with Gasteiger partial charge in [0.2, 0.25) is 0 Å². The number of benzene rings is 6. The molecular formula is C48H42N2O2. The predicted octanol–water partition coefficient (Wildman–Crippen LogP) is 12.1. The maximum Gasteiger partial charge on any atom is 0.266 e. The molecule has 0 fully saturated rings. The zero-order chi connectivity index (χ0) is 36.2. The third-order valence-corrected chi connectivity index (χ3v) is 9.56. The van der Waals surface area contributed by atoms with Crippen LogP contribution in [-0.4, -0.2) is 11.8 Å². The summed E-state index contributed by atoms with van der Waals surface area (Å²) in [5, 5.41) is 0. The maximum absolute atomic E-state index is 14.9. The minimum Gasteiger partial charge on any atom is -0.311 e. The molecule has 0 saturated carbocycles. The summed E-state index contributed by atoms with van der Waals surface area (Å²) < 4.78 is 0. The fraction of sp³-hybridized carbons (Fsp3) is 0.125. The second-order valence-electron chi connectivity index (χ2n) is 13.7. The van der Waals surface area contributed by atoms with Gasteiger partial charge >= 0.3 is 0 Å². The normalized spacial score (nSPS) is 13.2. The number of carbonyl (C=O) groups is 2. The van der Waals surface area contributed by atoms with Crippen molar-refractivity contribution in [1.29, 1.82) is 0 Å². The second kappa shape index (κ2) is 14.9. The topological polar surface area (TPSA) is 40.6 Å². The van der Waals surface area contributed by atoms with Gasteiger partial charge in [0.25, 0.3) is 11.8 Å². The van der Waals surface area contributed by atoms with E-state index in [9.17, 15) is 9.59 Å². The molecular weight excluding hydrogens is 637 g/mol. The van der Waals surface area contributed by atoms with E-state index in [2.05, 4.69) is 81.1 Å². The molecule has 0 bridgehead atoms. The molecule has 0 saturated heterocycles. The standard InChI is InChI=1S/C48H42N2O2/c1-33(2)42-21-14-22-43(34(3)4)46(42)50-47(51)44(37-27-25-36(26-28-37)24-23-35-15-8-5-9-16-35)45(48(50)52)38-29-31-41(32-30-38)49(39-17-10-6-11-18-39)40-19-12-7-13-20-40/h5-34H,1-4H3. The summed E-state index contributed by atoms with van der Waals surface area (Å²) >= 11 is 0. The summed E-state index contributed by atoms with van der Waals surface area (Å²) in [5.74, 6) is -0.391. The van der Waals surface area contributed by atoms with E-state index in [1.807, 2.05) is 121 Å². The van der Waals surface area contributed by atoms with E-state index in [0.717, 1.165) is 39.3 Å². The molecule has 2 amide bonds. The lowest BCUT2D eigenvalue weighted by Gasteiger charge is -2.26. The number of carbonyl (C=O) groups excluding carboxylic acids is 2. The van der Waals surface area contributed by atoms with Crippen molar-refractivity contribution in [1.82, 2.24) is 0 Å². The lowest BCUT2D eigenvalue weighted by molar-refractivity contribution is -0.119. The van der Waals surface area contributed by atoms with E-state index >= 15 is 0 Å². The molecule has 52 heavy (non-hydrogen) atoms. The summed E-state index contributed by atoms with van der Waals surface area (Å²) in [6.45, 7) is 8.42. The monoisotopic (exact) mass is 678 g/mol. The van der Waals surface area contributed by atoms with Crippen LogP contribution in [0.4, 0.5) is 22.7 Å². The van der Waals surface area contributed by atoms with Gasteiger partial charge in [0.1, 0.15) is 0 Å². The quantitative estimate of drug-likeness (QED) is 0.107. The van der Waals surface area contributed by atoms with Gasteiger partial charge in [-0.25, -0.2) is 4.90 Å². The SMILES string of the molecule is CC(C)c1cccc(C(C)C)c1N1C(=O)C(c2ccc(C=Cc3ccccc3)cc2)=C(c2ccc(N(c3ccccc3)c3ccccc3)cc2)C1=O. The highest BCUT2D eigenvalue weighted by Gasteiger charge is 2.42. The van der Waals surface area contributed by atoms with Crippen molar-refractivity contribution in [2.45, 2.75) is 39.5 Å². The van der Waals surface area contributed by atoms with Crippen LogP contribution in [0.1, 0.15) is 72.9 Å². The highest BCUT2D eigenvalue weighted by Crippen LogP contribution is 2.44. The molecule has 4 nitrogen and oxygen atoms in total. The van der Waals surface area contributed by atoms with Gasteiger partial charge in [-0.2, -0.15) is 0 Å². The zero-order valence-corrected chi connectivity index (χ0v) is 30.0. The lowest BCUT2D eigenvalue weighted by Crippen LogP contribution is -2.33. The van der Waals surface area contributed by atoms with E-state index in [-0.39, 0.29) is 23.7 Å². The Hall–Kier alpha value is -6.26. The van der Waals surface area contributed by atoms with Crippen molar-refractivity contribution in [3.63, 3.8) is 0 Å². The van der Waals surface area contributed by atoms with Gasteiger partial charge < -0.3 is 4.90 Å². The van der Waals surface area contributed by atoms with Crippen LogP contribution in [0.3, 0.4) is 0 Å². The van der Waals surface area contributed by atoms with Crippen molar-refractivity contribution < 1.29 is 9.59 Å². The number of hydrogen-bond donors (Lipinski definition) is 0. The van der Waals surface area contributed by atoms with Gasteiger partial charge in [-0.15, -0.1) is 0 Å². The molecule has 7 rings (SSSR count). The molecule has 256 valence electrons. The van der Waals surface area contributed by atoms with Crippen LogP contribution < -0.4 is 9.80 Å². The number of amides is 2. The van der Waals surface area contributed by atoms with Crippen molar-refractivity contribution in [3.05, 3.63) is 191 Å². The highest BCUT2D eigenvalue weighted by atomic mass is 16.2. The van der Waals surface area contributed by atoms with Crippen LogP contribution in [0, 0.1) is 0 Å². The third kappa shape index (κ3) is 6.76. The number of para-hydroxylation sites is 3. The molecule has 6 aromatic carbocycles. The van der Waals surface area contributed by atoms with E-state index in [0.29, 0.717) is 28.0 Å². The Morgan fingerprint density at radius 3 is 1.27 bits per heavy atom. The molecule has 0 spiro atoms. The van der Waals surface area contributed by atoms with Gasteiger partial charge in [0.15, 0.2) is 0 Å². The predicted molar refractivity (Wildman–Crippen MR) is 217 cm³/mol. The molecule has 1 aliphatic rings. The molecule has 0 unspecified atom stereocenters. The van der Waals surface area contributed by atoms with Gasteiger partial charge in [0.05, 0.1) is 16.8 Å². The first-order valence-electron chi connectivity index (χ1n) is 17.9. The summed E-state index contributed by atoms with van der Waals surface area (Å²) in [7, 11) is 0. The minimum absolute atomic E-state index is 0.110. The summed E-state index contributed by atoms with van der Waals surface area (Å²) in [6, 6.07) is 52.6. The average Bonchev–Trinajstić information content (AvgIpc) is 3.44. The van der Waals surface area contributed by atoms with Crippen LogP contribution in [0.15, 0.2) is 158 Å². The second-order valence-corrected chi connectivity index (χ2v) is 13.7. The Bertz CT molecular complexity index is 2190. The number of nitrogens with zero attached hydrogens (tertiary/aromatic N) is 2. The fourth-order valence-corrected chi connectivity index (χ4v) is 6.93. The summed E-state index contributed by atoms with van der Waals surface area (Å²) in [5.41, 5.74) is 9.97. The smallest absolute Gasteiger partial charge is 0.266 e. The Balaban J connectivity index is 1.35. The Labute approximate surface area is 307 Å². The highest BCUT2D eigenvalue weighted by molar-refractivity contribution is 6.57. The van der Waals surface area contributed by atoms with E-state index < -0.39 is 0 Å². The van der Waals surface area contributed by atoms with Gasteiger partial charge in [0, 0.05) is 17.1 Å². The van der Waals surface area contributed by atoms with E-state index in [4.69, 9.17) is 0 Å². The minimum atomic E-state index is -0.307. The van der Waals surface area contributed by atoms with Crippen molar-refractivity contribution in [3.8, 4) is 0 Å². The zero-order valence-electron chi connectivity index (χ0n) is 30.0. The van der Waals surface area contributed by atoms with E-state index in [1.54, 1.807) is 0 Å². The van der Waals surface area contributed by atoms with Crippen LogP contribution in [-0.2, 0) is 9.59 Å². The Morgan fingerprint density at radius 1 is 0.442 bits per heavy atom. The number of anilines is 4. The van der Waals surface area contributed by atoms with Crippen molar-refractivity contribution >= 4 is 57.9 Å². The van der Waals surface area contributed by atoms with Crippen LogP contribution in [0.2, 0.25) is 0 Å².